The summed E-state index contributed by atoms with van der Waals surface area (Å²) in [7, 11) is 0.726. The minimum atomic E-state index is -0.702. The van der Waals surface area contributed by atoms with E-state index < -0.39 is 5.97 Å². The molecule has 1 atom stereocenters. The van der Waals surface area contributed by atoms with E-state index >= 15 is 0 Å². The molecule has 0 aliphatic heterocycles. The maximum Gasteiger partial charge on any atom is 0.303 e. The van der Waals surface area contributed by atoms with E-state index in [1.807, 2.05) is 6.08 Å². The maximum atomic E-state index is 9.94. The SMILES string of the molecule is C=CCPCCC(=O)O. The van der Waals surface area contributed by atoms with E-state index in [-0.39, 0.29) is 0 Å². The van der Waals surface area contributed by atoms with Crippen LogP contribution in [-0.4, -0.2) is 23.4 Å². The van der Waals surface area contributed by atoms with Gasteiger partial charge in [-0.1, -0.05) is 6.08 Å². The van der Waals surface area contributed by atoms with Crippen molar-refractivity contribution in [1.29, 1.82) is 0 Å². The first-order valence-corrected chi connectivity index (χ1v) is 4.22. The number of allylic oxidation sites excluding steroid dienone is 1. The molecule has 0 fully saturated rings. The van der Waals surface area contributed by atoms with Gasteiger partial charge in [0, 0.05) is 6.42 Å². The lowest BCUT2D eigenvalue weighted by Gasteiger charge is -1.91. The van der Waals surface area contributed by atoms with Crippen molar-refractivity contribution < 1.29 is 9.90 Å². The molecule has 0 aliphatic rings. The molecule has 0 bridgehead atoms. The van der Waals surface area contributed by atoms with Gasteiger partial charge in [-0.2, -0.15) is 0 Å². The quantitative estimate of drug-likeness (QED) is 0.361. The number of hydrogen-bond acceptors (Lipinski definition) is 1. The average molecular weight is 146 g/mol. The molecule has 0 rings (SSSR count). The highest BCUT2D eigenvalue weighted by Gasteiger charge is 1.93. The molecule has 0 saturated heterocycles. The van der Waals surface area contributed by atoms with Crippen molar-refractivity contribution in [2.75, 3.05) is 12.3 Å². The third-order valence-corrected chi connectivity index (χ3v) is 1.99. The molecule has 0 spiro atoms. The van der Waals surface area contributed by atoms with Crippen LogP contribution in [0.2, 0.25) is 0 Å². The molecule has 0 heterocycles. The topological polar surface area (TPSA) is 37.3 Å². The summed E-state index contributed by atoms with van der Waals surface area (Å²) in [6, 6.07) is 0. The Balaban J connectivity index is 2.91. The number of aliphatic carboxylic acids is 1. The van der Waals surface area contributed by atoms with E-state index in [1.54, 1.807) is 0 Å². The van der Waals surface area contributed by atoms with Crippen LogP contribution in [0.25, 0.3) is 0 Å². The van der Waals surface area contributed by atoms with Gasteiger partial charge in [0.1, 0.15) is 0 Å². The monoisotopic (exact) mass is 146 g/mol. The lowest BCUT2D eigenvalue weighted by molar-refractivity contribution is -0.136. The molecule has 0 amide bonds. The zero-order valence-electron chi connectivity index (χ0n) is 5.26. The first kappa shape index (κ1) is 8.64. The molecule has 1 unspecified atom stereocenters. The maximum absolute atomic E-state index is 9.94. The highest BCUT2D eigenvalue weighted by atomic mass is 31.1. The Labute approximate surface area is 56.7 Å². The van der Waals surface area contributed by atoms with Gasteiger partial charge in [-0.3, -0.25) is 4.79 Å². The molecule has 0 saturated carbocycles. The molecule has 0 aromatic carbocycles. The summed E-state index contributed by atoms with van der Waals surface area (Å²) in [6.07, 6.45) is 3.86. The molecular formula is C6H11O2P. The van der Waals surface area contributed by atoms with Crippen LogP contribution in [0.1, 0.15) is 6.42 Å². The van der Waals surface area contributed by atoms with Crippen molar-refractivity contribution in [2.45, 2.75) is 6.42 Å². The molecule has 52 valence electrons. The minimum Gasteiger partial charge on any atom is -0.481 e. The molecule has 9 heavy (non-hydrogen) atoms. The molecule has 0 aromatic rings. The van der Waals surface area contributed by atoms with Crippen LogP contribution in [0, 0.1) is 0 Å². The zero-order chi connectivity index (χ0) is 7.11. The second-order valence-electron chi connectivity index (χ2n) is 1.64. The number of hydrogen-bond donors (Lipinski definition) is 1. The van der Waals surface area contributed by atoms with E-state index in [0.29, 0.717) is 6.42 Å². The summed E-state index contributed by atoms with van der Waals surface area (Å²) in [5.41, 5.74) is 0. The van der Waals surface area contributed by atoms with Gasteiger partial charge in [-0.05, 0) is 12.3 Å². The largest absolute Gasteiger partial charge is 0.481 e. The van der Waals surface area contributed by atoms with Gasteiger partial charge in [0.2, 0.25) is 0 Å². The molecule has 3 heteroatoms. The number of carbonyl (C=O) groups is 1. The third-order valence-electron chi connectivity index (χ3n) is 0.804. The summed E-state index contributed by atoms with van der Waals surface area (Å²) in [5.74, 6) is -0.702. The van der Waals surface area contributed by atoms with Crippen LogP contribution in [0.5, 0.6) is 0 Å². The van der Waals surface area contributed by atoms with Crippen molar-refractivity contribution in [3.63, 3.8) is 0 Å². The second kappa shape index (κ2) is 5.77. The van der Waals surface area contributed by atoms with Crippen LogP contribution >= 0.6 is 8.58 Å². The Bertz CT molecular complexity index is 101. The first-order valence-electron chi connectivity index (χ1n) is 2.80. The van der Waals surface area contributed by atoms with E-state index in [9.17, 15) is 4.79 Å². The smallest absolute Gasteiger partial charge is 0.303 e. The van der Waals surface area contributed by atoms with Gasteiger partial charge in [0.15, 0.2) is 0 Å². The molecule has 2 nitrogen and oxygen atoms in total. The normalized spacial score (nSPS) is 10.2. The summed E-state index contributed by atoms with van der Waals surface area (Å²) in [4.78, 5) is 9.94. The summed E-state index contributed by atoms with van der Waals surface area (Å²) in [6.45, 7) is 3.54. The van der Waals surface area contributed by atoms with Crippen molar-refractivity contribution in [1.82, 2.24) is 0 Å². The Kier molecular flexibility index (Phi) is 5.54. The van der Waals surface area contributed by atoms with Gasteiger partial charge < -0.3 is 5.11 Å². The average Bonchev–Trinajstić information content (AvgIpc) is 1.80. The Morgan fingerprint density at radius 2 is 2.44 bits per heavy atom. The minimum absolute atomic E-state index is 0.298. The molecule has 0 aliphatic carbocycles. The van der Waals surface area contributed by atoms with E-state index in [4.69, 9.17) is 5.11 Å². The van der Waals surface area contributed by atoms with Crippen molar-refractivity contribution in [2.24, 2.45) is 0 Å². The molecule has 0 aromatic heterocycles. The van der Waals surface area contributed by atoms with Crippen LogP contribution in [0.15, 0.2) is 12.7 Å². The standard InChI is InChI=1S/C6H11O2P/c1-2-4-9-5-3-6(7)8/h2,9H,1,3-5H2,(H,7,8). The fourth-order valence-electron chi connectivity index (χ4n) is 0.399. The van der Waals surface area contributed by atoms with Crippen molar-refractivity contribution in [3.8, 4) is 0 Å². The molecular weight excluding hydrogens is 135 g/mol. The Hall–Kier alpha value is -0.360. The highest BCUT2D eigenvalue weighted by Crippen LogP contribution is 2.09. The van der Waals surface area contributed by atoms with Gasteiger partial charge in [-0.15, -0.1) is 15.2 Å². The number of rotatable bonds is 5. The number of carboxylic acids is 1. The van der Waals surface area contributed by atoms with E-state index in [1.165, 1.54) is 0 Å². The van der Waals surface area contributed by atoms with Gasteiger partial charge in [0.05, 0.1) is 0 Å². The highest BCUT2D eigenvalue weighted by molar-refractivity contribution is 7.38. The van der Waals surface area contributed by atoms with E-state index in [2.05, 4.69) is 6.58 Å². The molecule has 1 N–H and O–H groups in total. The summed E-state index contributed by atoms with van der Waals surface area (Å²) >= 11 is 0. The Morgan fingerprint density at radius 3 is 2.89 bits per heavy atom. The predicted octanol–water partition coefficient (Wildman–Crippen LogP) is 1.33. The molecule has 0 radical (unpaired) electrons. The lowest BCUT2D eigenvalue weighted by Crippen LogP contribution is -1.94. The predicted molar refractivity (Wildman–Crippen MR) is 40.5 cm³/mol. The van der Waals surface area contributed by atoms with Crippen LogP contribution in [-0.2, 0) is 4.79 Å². The number of carboxylic acid groups (broad SMARTS) is 1. The summed E-state index contributed by atoms with van der Waals surface area (Å²) < 4.78 is 0. The van der Waals surface area contributed by atoms with Crippen molar-refractivity contribution >= 4 is 14.6 Å². The van der Waals surface area contributed by atoms with Crippen molar-refractivity contribution in [3.05, 3.63) is 12.7 Å². The van der Waals surface area contributed by atoms with Crippen LogP contribution in [0.4, 0.5) is 0 Å². The zero-order valence-corrected chi connectivity index (χ0v) is 6.26. The lowest BCUT2D eigenvalue weighted by atomic mass is 10.5. The van der Waals surface area contributed by atoms with Crippen LogP contribution in [0.3, 0.4) is 0 Å². The third kappa shape index (κ3) is 7.64. The van der Waals surface area contributed by atoms with Gasteiger partial charge >= 0.3 is 5.97 Å². The fraction of sp³-hybridized carbons (Fsp3) is 0.500. The Morgan fingerprint density at radius 1 is 1.78 bits per heavy atom. The van der Waals surface area contributed by atoms with E-state index in [0.717, 1.165) is 20.9 Å². The first-order chi connectivity index (χ1) is 4.27. The van der Waals surface area contributed by atoms with Gasteiger partial charge in [-0.25, -0.2) is 0 Å². The summed E-state index contributed by atoms with van der Waals surface area (Å²) in [5, 5.41) is 8.19. The van der Waals surface area contributed by atoms with Gasteiger partial charge in [0.25, 0.3) is 0 Å². The second-order valence-corrected chi connectivity index (χ2v) is 3.04. The van der Waals surface area contributed by atoms with Crippen LogP contribution < -0.4 is 0 Å². The fourth-order valence-corrected chi connectivity index (χ4v) is 1.20.